The molecular formula is C97H66B2N4OS. The van der Waals surface area contributed by atoms with Gasteiger partial charge in [0.1, 0.15) is 11.5 Å². The van der Waals surface area contributed by atoms with E-state index < -0.39 is 0 Å². The Morgan fingerprint density at radius 1 is 0.276 bits per heavy atom. The maximum Gasteiger partial charge on any atom is 0.256 e. The molecule has 0 atom stereocenters. The Morgan fingerprint density at radius 2 is 0.724 bits per heavy atom. The third-order valence-electron chi connectivity index (χ3n) is 21.5. The van der Waals surface area contributed by atoms with Gasteiger partial charge in [-0.05, 0) is 164 Å². The van der Waals surface area contributed by atoms with E-state index in [0.29, 0.717) is 0 Å². The first-order chi connectivity index (χ1) is 52.0. The highest BCUT2D eigenvalue weighted by atomic mass is 32.2. The molecule has 0 unspecified atom stereocenters. The number of para-hydroxylation sites is 6. The highest BCUT2D eigenvalue weighted by Gasteiger charge is 2.47. The molecule has 0 saturated heterocycles. The van der Waals surface area contributed by atoms with E-state index in [1.807, 2.05) is 11.8 Å². The van der Waals surface area contributed by atoms with E-state index in [0.717, 1.165) is 141 Å². The predicted octanol–water partition coefficient (Wildman–Crippen LogP) is 22.4. The van der Waals surface area contributed by atoms with Crippen molar-refractivity contribution in [3.8, 4) is 67.1 Å². The first kappa shape index (κ1) is 61.8. The van der Waals surface area contributed by atoms with Gasteiger partial charge in [0.25, 0.3) is 6.71 Å². The Labute approximate surface area is 618 Å². The lowest BCUT2D eigenvalue weighted by molar-refractivity contribution is 0.487. The number of rotatable bonds is 13. The van der Waals surface area contributed by atoms with Crippen LogP contribution in [0.5, 0.6) is 11.5 Å². The number of benzene rings is 16. The molecule has 4 aliphatic heterocycles. The molecule has 5 nitrogen and oxygen atoms in total. The molecule has 0 spiro atoms. The van der Waals surface area contributed by atoms with Crippen LogP contribution in [0, 0.1) is 6.92 Å². The zero-order valence-corrected chi connectivity index (χ0v) is 58.4. The van der Waals surface area contributed by atoms with E-state index in [1.54, 1.807) is 0 Å². The van der Waals surface area contributed by atoms with Gasteiger partial charge < -0.3 is 24.3 Å². The first-order valence-electron chi connectivity index (χ1n) is 36.1. The second-order valence-electron chi connectivity index (χ2n) is 27.5. The van der Waals surface area contributed by atoms with Crippen LogP contribution >= 0.6 is 11.8 Å². The molecule has 105 heavy (non-hydrogen) atoms. The lowest BCUT2D eigenvalue weighted by Gasteiger charge is -2.44. The van der Waals surface area contributed by atoms with Gasteiger partial charge in [0, 0.05) is 78.0 Å². The van der Waals surface area contributed by atoms with Crippen molar-refractivity contribution in [3.05, 3.63) is 388 Å². The van der Waals surface area contributed by atoms with Crippen LogP contribution in [-0.2, 0) is 0 Å². The number of anilines is 12. The molecule has 0 radical (unpaired) electrons. The van der Waals surface area contributed by atoms with E-state index >= 15 is 0 Å². The Hall–Kier alpha value is -13.0. The summed E-state index contributed by atoms with van der Waals surface area (Å²) in [4.78, 5) is 12.5. The molecule has 0 aliphatic carbocycles. The van der Waals surface area contributed by atoms with Gasteiger partial charge in [-0.15, -0.1) is 0 Å². The summed E-state index contributed by atoms with van der Waals surface area (Å²) in [5.74, 6) is 1.67. The summed E-state index contributed by atoms with van der Waals surface area (Å²) in [6.07, 6.45) is 0. The van der Waals surface area contributed by atoms with Crippen molar-refractivity contribution < 1.29 is 4.74 Å². The maximum atomic E-state index is 7.54. The molecule has 8 heteroatoms. The van der Waals surface area contributed by atoms with Crippen LogP contribution in [0.25, 0.3) is 55.6 Å². The molecule has 16 aromatic rings. The Kier molecular flexibility index (Phi) is 15.2. The second kappa shape index (κ2) is 25.8. The predicted molar refractivity (Wildman–Crippen MR) is 443 cm³/mol. The van der Waals surface area contributed by atoms with Crippen molar-refractivity contribution in [1.29, 1.82) is 0 Å². The van der Waals surface area contributed by atoms with Crippen molar-refractivity contribution in [2.45, 2.75) is 16.7 Å². The number of hydrogen-bond donors (Lipinski definition) is 0. The molecule has 0 aromatic heterocycles. The summed E-state index contributed by atoms with van der Waals surface area (Å²) in [6, 6.07) is 141. The molecular weight excluding hydrogens is 1290 g/mol. The van der Waals surface area contributed by atoms with Gasteiger partial charge in [-0.1, -0.05) is 308 Å². The van der Waals surface area contributed by atoms with Crippen molar-refractivity contribution in [3.63, 3.8) is 0 Å². The fourth-order valence-electron chi connectivity index (χ4n) is 16.8. The van der Waals surface area contributed by atoms with Crippen LogP contribution in [0.1, 0.15) is 5.56 Å². The average molecular weight is 1360 g/mol. The van der Waals surface area contributed by atoms with Crippen molar-refractivity contribution >= 4 is 126 Å². The Morgan fingerprint density at radius 3 is 1.30 bits per heavy atom. The summed E-state index contributed by atoms with van der Waals surface area (Å²) >= 11 is 1.90. The summed E-state index contributed by atoms with van der Waals surface area (Å²) in [5.41, 5.74) is 32.9. The Bertz CT molecular complexity index is 6010. The minimum absolute atomic E-state index is 0.145. The fourth-order valence-corrected chi connectivity index (χ4v) is 18.0. The third kappa shape index (κ3) is 10.6. The topological polar surface area (TPSA) is 22.2 Å². The van der Waals surface area contributed by atoms with Crippen LogP contribution in [0.4, 0.5) is 68.2 Å². The van der Waals surface area contributed by atoms with Gasteiger partial charge in [-0.3, -0.25) is 0 Å². The maximum absolute atomic E-state index is 7.54. The van der Waals surface area contributed by atoms with E-state index in [1.165, 1.54) is 42.8 Å². The molecule has 4 heterocycles. The van der Waals surface area contributed by atoms with Crippen LogP contribution < -0.4 is 57.1 Å². The quantitative estimate of drug-likeness (QED) is 0.107. The average Bonchev–Trinajstić information content (AvgIpc) is 0.691. The van der Waals surface area contributed by atoms with Crippen LogP contribution in [0.2, 0.25) is 0 Å². The monoisotopic (exact) mass is 1360 g/mol. The molecule has 4 aliphatic rings. The van der Waals surface area contributed by atoms with Gasteiger partial charge >= 0.3 is 0 Å². The van der Waals surface area contributed by atoms with Gasteiger partial charge in [0.2, 0.25) is 6.71 Å². The summed E-state index contributed by atoms with van der Waals surface area (Å²) in [7, 11) is 0. The highest BCUT2D eigenvalue weighted by Crippen LogP contribution is 2.53. The molecule has 0 amide bonds. The lowest BCUT2D eigenvalue weighted by atomic mass is 9.31. The minimum atomic E-state index is -0.218. The van der Waals surface area contributed by atoms with Crippen molar-refractivity contribution in [2.24, 2.45) is 0 Å². The molecule has 492 valence electrons. The first-order valence-corrected chi connectivity index (χ1v) is 36.9. The number of fused-ring (bicyclic) bond motifs is 8. The zero-order chi connectivity index (χ0) is 69.5. The van der Waals surface area contributed by atoms with Crippen LogP contribution in [-0.4, -0.2) is 13.4 Å². The smallest absolute Gasteiger partial charge is 0.256 e. The third-order valence-corrected chi connectivity index (χ3v) is 22.6. The summed E-state index contributed by atoms with van der Waals surface area (Å²) < 4.78 is 7.54. The lowest BCUT2D eigenvalue weighted by Crippen LogP contribution is -2.63. The van der Waals surface area contributed by atoms with E-state index in [9.17, 15) is 0 Å². The van der Waals surface area contributed by atoms with E-state index in [-0.39, 0.29) is 13.4 Å². The van der Waals surface area contributed by atoms with Crippen LogP contribution in [0.15, 0.2) is 392 Å². The molecule has 0 fully saturated rings. The largest absolute Gasteiger partial charge is 0.458 e. The molecule has 20 rings (SSSR count). The van der Waals surface area contributed by atoms with Gasteiger partial charge in [0.05, 0.1) is 22.7 Å². The van der Waals surface area contributed by atoms with Gasteiger partial charge in [-0.25, -0.2) is 0 Å². The highest BCUT2D eigenvalue weighted by molar-refractivity contribution is 8.00. The van der Waals surface area contributed by atoms with Crippen molar-refractivity contribution in [2.75, 3.05) is 19.6 Å². The van der Waals surface area contributed by atoms with E-state index in [4.69, 9.17) is 4.74 Å². The number of nitrogens with zero attached hydrogens (tertiary/aromatic N) is 4. The van der Waals surface area contributed by atoms with Gasteiger partial charge in [-0.2, -0.15) is 0 Å². The summed E-state index contributed by atoms with van der Waals surface area (Å²) in [6.45, 7) is 1.92. The number of aryl methyl sites for hydroxylation is 1. The SMILES string of the molecule is Cc1cccc(-c2ccccc2)c1N1c2cc3c(cc2B2c4ccccc4Oc4cc(N(c5ccc(-c6ccccc6)cc5)c5ccccc5-c5ccccc5)cc1c42)B1c2ccccc2N(c2ccccc2)c2cc(N(c4ccc(-c5ccccc5)cc4)c4ccccc4-c4ccccc4)cc(c21)S3. The molecule has 16 aromatic carbocycles. The second-order valence-corrected chi connectivity index (χ2v) is 28.6. The van der Waals surface area contributed by atoms with Crippen LogP contribution in [0.3, 0.4) is 0 Å². The van der Waals surface area contributed by atoms with E-state index in [2.05, 4.69) is 409 Å². The fraction of sp³-hybridized carbons (Fsp3) is 0.0103. The van der Waals surface area contributed by atoms with Crippen molar-refractivity contribution in [1.82, 2.24) is 0 Å². The summed E-state index contributed by atoms with van der Waals surface area (Å²) in [5, 5.41) is 0. The number of hydrogen-bond acceptors (Lipinski definition) is 6. The molecule has 0 bridgehead atoms. The normalized spacial score (nSPS) is 12.6. The standard InChI is InChI=1S/C97H66B2N4OS/c1-65-29-28-44-80(72-38-16-6-17-39-72)97(65)103-88-64-93-84(63-83(88)99-82-46-23-27-50-91(82)104-92-61-76(59-89(103)95(92)99)100(74-55-51-68(52-56-74)66-30-8-2-9-31-66)85-47-24-20-42-78(85)70-34-12-4-13-35-70)98-81-45-22-26-49-87(81)102(73-40-18-7-19-41-73)90-60-77(62-94(105-93)96(90)98)101(75-57-53-69(54-58-75)67-32-10-3-11-33-67)86-48-25-21-43-79(86)71-36-14-5-15-37-71/h2-64H,1H3. The van der Waals surface area contributed by atoms with Gasteiger partial charge in [0.15, 0.2) is 0 Å². The Balaban J connectivity index is 0.849. The minimum Gasteiger partial charge on any atom is -0.458 e. The molecule has 0 saturated carbocycles. The zero-order valence-electron chi connectivity index (χ0n) is 57.6. The number of ether oxygens (including phenoxy) is 1. The molecule has 0 N–H and O–H groups in total.